The van der Waals surface area contributed by atoms with Crippen molar-refractivity contribution < 1.29 is 29.3 Å². The number of morpholine rings is 1. The van der Waals surface area contributed by atoms with E-state index in [1.807, 2.05) is 89.8 Å². The average molecular weight is 719 g/mol. The van der Waals surface area contributed by atoms with Crippen LogP contribution in [0.2, 0.25) is 0 Å². The molecule has 1 aromatic heterocycles. The van der Waals surface area contributed by atoms with Crippen molar-refractivity contribution in [3.05, 3.63) is 161 Å². The summed E-state index contributed by atoms with van der Waals surface area (Å²) in [4.78, 5) is 51.4. The number of carbonyl (C=O) groups is 3. The summed E-state index contributed by atoms with van der Waals surface area (Å²) in [6, 6.07) is 34.0. The summed E-state index contributed by atoms with van der Waals surface area (Å²) < 4.78 is 6.44. The molecule has 2 amide bonds. The number of benzene rings is 4. The van der Waals surface area contributed by atoms with E-state index < -0.39 is 53.3 Å². The number of amides is 2. The number of carbonyl (C=O) groups excluding carboxylic acids is 3. The van der Waals surface area contributed by atoms with Crippen molar-refractivity contribution in [2.75, 3.05) is 18.5 Å². The standard InChI is InChI=1S/C44H38N4O6/c49-26-10-8-11-28-17-22-35-34(27-28)44(43(53)47-35)36(41(51)46-25-23-32-16-7-9-24-45-32)38-42(52)54-39(30-14-5-2-6-15-30)37(29-12-3-1-4-13-29)48(38)40(44)31-18-20-33(50)21-19-31/h1-7,9,12-22,24,27,36-40,49-50H,10,23,25-26H2,(H,46,51)(H,47,53)/t36-,37-,38-,39+,40+,44-/m1/s1. The van der Waals surface area contributed by atoms with Crippen molar-refractivity contribution in [3.63, 3.8) is 0 Å². The van der Waals surface area contributed by atoms with Gasteiger partial charge in [0.25, 0.3) is 0 Å². The van der Waals surface area contributed by atoms with Gasteiger partial charge in [-0.15, -0.1) is 0 Å². The van der Waals surface area contributed by atoms with E-state index in [2.05, 4.69) is 27.5 Å². The number of pyridine rings is 1. The van der Waals surface area contributed by atoms with E-state index in [1.54, 1.807) is 42.6 Å². The molecule has 0 saturated carbocycles. The van der Waals surface area contributed by atoms with Crippen LogP contribution >= 0.6 is 0 Å². The van der Waals surface area contributed by atoms with E-state index in [0.29, 0.717) is 28.8 Å². The van der Waals surface area contributed by atoms with Gasteiger partial charge in [-0.1, -0.05) is 90.7 Å². The van der Waals surface area contributed by atoms with E-state index in [4.69, 9.17) is 4.74 Å². The summed E-state index contributed by atoms with van der Waals surface area (Å²) in [6.45, 7) is 0.109. The molecule has 0 unspecified atom stereocenters. The second-order valence-corrected chi connectivity index (χ2v) is 13.7. The van der Waals surface area contributed by atoms with Crippen LogP contribution in [0.1, 0.15) is 58.1 Å². The Bertz CT molecular complexity index is 2240. The maximum Gasteiger partial charge on any atom is 0.324 e. The Morgan fingerprint density at radius 1 is 0.870 bits per heavy atom. The summed E-state index contributed by atoms with van der Waals surface area (Å²) >= 11 is 0. The Balaban J connectivity index is 1.38. The second kappa shape index (κ2) is 14.6. The highest BCUT2D eigenvalue weighted by Gasteiger charge is 2.74. The normalized spacial score (nSPS) is 24.1. The molecule has 0 radical (unpaired) electrons. The first-order valence-corrected chi connectivity index (χ1v) is 18.0. The van der Waals surface area contributed by atoms with Crippen LogP contribution in [0.3, 0.4) is 0 Å². The number of nitrogens with one attached hydrogen (secondary N) is 2. The number of phenols is 1. The predicted octanol–water partition coefficient (Wildman–Crippen LogP) is 5.15. The quantitative estimate of drug-likeness (QED) is 0.128. The van der Waals surface area contributed by atoms with E-state index in [-0.39, 0.29) is 25.3 Å². The largest absolute Gasteiger partial charge is 0.508 e. The van der Waals surface area contributed by atoms with Crippen molar-refractivity contribution in [1.29, 1.82) is 0 Å². The molecule has 10 nitrogen and oxygen atoms in total. The molecular formula is C44H38N4O6. The fraction of sp³-hybridized carbons (Fsp3) is 0.227. The fourth-order valence-corrected chi connectivity index (χ4v) is 8.52. The molecule has 3 aliphatic heterocycles. The van der Waals surface area contributed by atoms with Gasteiger partial charge in [0.1, 0.15) is 23.3 Å². The summed E-state index contributed by atoms with van der Waals surface area (Å²) in [5.41, 5.74) is 2.96. The van der Waals surface area contributed by atoms with Crippen LogP contribution in [-0.2, 0) is 31.0 Å². The first-order chi connectivity index (χ1) is 26.4. The highest BCUT2D eigenvalue weighted by atomic mass is 16.6. The van der Waals surface area contributed by atoms with Gasteiger partial charge in [0.2, 0.25) is 11.8 Å². The van der Waals surface area contributed by atoms with Gasteiger partial charge in [0.15, 0.2) is 0 Å². The molecule has 10 heteroatoms. The number of aromatic nitrogens is 1. The maximum absolute atomic E-state index is 15.1. The molecule has 3 aliphatic rings. The number of aliphatic hydroxyl groups is 1. The number of nitrogens with zero attached hydrogens (tertiary/aromatic N) is 2. The third-order valence-corrected chi connectivity index (χ3v) is 10.7. The molecule has 4 aromatic carbocycles. The first-order valence-electron chi connectivity index (χ1n) is 18.0. The molecule has 4 N–H and O–H groups in total. The topological polar surface area (TPSA) is 141 Å². The Morgan fingerprint density at radius 3 is 2.30 bits per heavy atom. The van der Waals surface area contributed by atoms with E-state index >= 15 is 9.59 Å². The highest BCUT2D eigenvalue weighted by Crippen LogP contribution is 2.64. The minimum atomic E-state index is -1.67. The predicted molar refractivity (Wildman–Crippen MR) is 201 cm³/mol. The molecule has 0 aliphatic carbocycles. The molecule has 2 fully saturated rings. The van der Waals surface area contributed by atoms with Crippen molar-refractivity contribution in [2.45, 2.75) is 42.5 Å². The third kappa shape index (κ3) is 5.97. The molecule has 1 spiro atoms. The SMILES string of the molecule is O=C1O[C@@H](c2ccccc2)[C@@H](c2ccccc2)N2[C@@H](c3ccc(O)cc3)[C@]3(C(=O)Nc4ccc(C#CCCO)cc43)[C@@H](C(=O)NCCc3ccccn3)[C@H]12. The fourth-order valence-electron chi connectivity index (χ4n) is 8.52. The summed E-state index contributed by atoms with van der Waals surface area (Å²) in [6.07, 6.45) is 1.59. The molecule has 8 rings (SSSR count). The van der Waals surface area contributed by atoms with Crippen molar-refractivity contribution in [2.24, 2.45) is 5.92 Å². The Kier molecular flexibility index (Phi) is 9.42. The minimum absolute atomic E-state index is 0.0312. The Labute approximate surface area is 312 Å². The van der Waals surface area contributed by atoms with Gasteiger partial charge in [-0.05, 0) is 64.7 Å². The molecular weight excluding hydrogens is 681 g/mol. The minimum Gasteiger partial charge on any atom is -0.508 e. The number of hydrogen-bond donors (Lipinski definition) is 4. The molecule has 0 bridgehead atoms. The van der Waals surface area contributed by atoms with Crippen LogP contribution in [-0.4, -0.2) is 57.1 Å². The van der Waals surface area contributed by atoms with Gasteiger partial charge in [0, 0.05) is 42.5 Å². The number of aliphatic hydroxyl groups excluding tert-OH is 1. The number of cyclic esters (lactones) is 1. The van der Waals surface area contributed by atoms with Crippen LogP contribution in [0, 0.1) is 17.8 Å². The maximum atomic E-state index is 15.1. The van der Waals surface area contributed by atoms with Crippen molar-refractivity contribution in [3.8, 4) is 17.6 Å². The lowest BCUT2D eigenvalue weighted by Crippen LogP contribution is -2.55. The van der Waals surface area contributed by atoms with Crippen LogP contribution in [0.15, 0.2) is 128 Å². The van der Waals surface area contributed by atoms with Crippen LogP contribution < -0.4 is 10.6 Å². The molecule has 4 heterocycles. The molecule has 6 atom stereocenters. The lowest BCUT2D eigenvalue weighted by Gasteiger charge is -2.46. The number of anilines is 1. The lowest BCUT2D eigenvalue weighted by atomic mass is 9.65. The zero-order valence-corrected chi connectivity index (χ0v) is 29.3. The lowest BCUT2D eigenvalue weighted by molar-refractivity contribution is -0.178. The van der Waals surface area contributed by atoms with Gasteiger partial charge >= 0.3 is 5.97 Å². The number of rotatable bonds is 8. The van der Waals surface area contributed by atoms with Gasteiger partial charge in [-0.3, -0.25) is 24.3 Å². The van der Waals surface area contributed by atoms with Gasteiger partial charge in [-0.2, -0.15) is 0 Å². The molecule has 54 heavy (non-hydrogen) atoms. The van der Waals surface area contributed by atoms with Gasteiger partial charge in [0.05, 0.1) is 24.6 Å². The van der Waals surface area contributed by atoms with Crippen LogP contribution in [0.5, 0.6) is 5.75 Å². The first kappa shape index (κ1) is 34.8. The monoisotopic (exact) mass is 718 g/mol. The van der Waals surface area contributed by atoms with E-state index in [1.165, 1.54) is 0 Å². The highest BCUT2D eigenvalue weighted by molar-refractivity contribution is 6.12. The molecule has 5 aromatic rings. The Morgan fingerprint density at radius 2 is 1.59 bits per heavy atom. The summed E-state index contributed by atoms with van der Waals surface area (Å²) in [5, 5.41) is 26.0. The molecule has 270 valence electrons. The van der Waals surface area contributed by atoms with E-state index in [0.717, 1.165) is 16.8 Å². The average Bonchev–Trinajstić information content (AvgIpc) is 3.68. The number of esters is 1. The van der Waals surface area contributed by atoms with E-state index in [9.17, 15) is 15.0 Å². The third-order valence-electron chi connectivity index (χ3n) is 10.7. The second-order valence-electron chi connectivity index (χ2n) is 13.7. The van der Waals surface area contributed by atoms with Gasteiger partial charge in [-0.25, -0.2) is 0 Å². The number of hydrogen-bond acceptors (Lipinski definition) is 8. The zero-order valence-electron chi connectivity index (χ0n) is 29.3. The van der Waals surface area contributed by atoms with Crippen molar-refractivity contribution >= 4 is 23.5 Å². The Hall–Kier alpha value is -6.28. The smallest absolute Gasteiger partial charge is 0.324 e. The van der Waals surface area contributed by atoms with Crippen molar-refractivity contribution in [1.82, 2.24) is 15.2 Å². The zero-order chi connectivity index (χ0) is 37.2. The summed E-state index contributed by atoms with van der Waals surface area (Å²) in [7, 11) is 0. The number of phenolic OH excluding ortho intramolecular Hbond substituents is 1. The van der Waals surface area contributed by atoms with Crippen LogP contribution in [0.4, 0.5) is 5.69 Å². The summed E-state index contributed by atoms with van der Waals surface area (Å²) in [5.74, 6) is 3.28. The number of aromatic hydroxyl groups is 1. The van der Waals surface area contributed by atoms with Gasteiger partial charge < -0.3 is 25.6 Å². The number of ether oxygens (including phenoxy) is 1. The number of fused-ring (bicyclic) bond motifs is 3. The molecule has 2 saturated heterocycles. The van der Waals surface area contributed by atoms with Crippen LogP contribution in [0.25, 0.3) is 0 Å².